The van der Waals surface area contributed by atoms with E-state index in [-0.39, 0.29) is 17.3 Å². The lowest BCUT2D eigenvalue weighted by Crippen LogP contribution is -2.38. The van der Waals surface area contributed by atoms with Gasteiger partial charge < -0.3 is 20.6 Å². The molecule has 1 aliphatic heterocycles. The molecule has 0 bridgehead atoms. The van der Waals surface area contributed by atoms with Gasteiger partial charge in [0, 0.05) is 17.8 Å². The molecule has 4 aromatic rings. The van der Waals surface area contributed by atoms with Crippen molar-refractivity contribution in [1.29, 1.82) is 0 Å². The summed E-state index contributed by atoms with van der Waals surface area (Å²) in [6.45, 7) is 2.40. The molecule has 9 heteroatoms. The molecule has 1 unspecified atom stereocenters. The second-order valence-electron chi connectivity index (χ2n) is 9.04. The molecule has 39 heavy (non-hydrogen) atoms. The Kier molecular flexibility index (Phi) is 7.69. The van der Waals surface area contributed by atoms with E-state index in [9.17, 15) is 14.7 Å². The first-order valence-electron chi connectivity index (χ1n) is 12.7. The number of amides is 1. The number of carbonyl (C=O) groups excluding carboxylic acids is 1. The summed E-state index contributed by atoms with van der Waals surface area (Å²) in [5, 5.41) is 20.8. The van der Waals surface area contributed by atoms with Gasteiger partial charge in [0.15, 0.2) is 5.13 Å². The number of benzene rings is 3. The molecule has 2 heterocycles. The average molecular weight is 541 g/mol. The number of thiazole rings is 1. The number of nitrogens with one attached hydrogen (secondary N) is 2. The summed E-state index contributed by atoms with van der Waals surface area (Å²) in [6.07, 6.45) is 0.149. The second-order valence-corrected chi connectivity index (χ2v) is 10.1. The van der Waals surface area contributed by atoms with Crippen LogP contribution in [0.15, 0.2) is 96.2 Å². The van der Waals surface area contributed by atoms with Gasteiger partial charge in [-0.2, -0.15) is 0 Å². The Morgan fingerprint density at radius 1 is 1.03 bits per heavy atom. The van der Waals surface area contributed by atoms with Crippen molar-refractivity contribution in [2.24, 2.45) is 5.16 Å². The van der Waals surface area contributed by atoms with Crippen molar-refractivity contribution in [2.45, 2.75) is 31.4 Å². The van der Waals surface area contributed by atoms with Gasteiger partial charge in [-0.25, -0.2) is 9.78 Å². The van der Waals surface area contributed by atoms with Gasteiger partial charge in [0.2, 0.25) is 11.8 Å². The van der Waals surface area contributed by atoms with E-state index < -0.39 is 17.6 Å². The normalized spacial score (nSPS) is 15.6. The number of carboxylic acid groups (broad SMARTS) is 1. The summed E-state index contributed by atoms with van der Waals surface area (Å²) >= 11 is 1.37. The fourth-order valence-corrected chi connectivity index (χ4v) is 5.70. The van der Waals surface area contributed by atoms with E-state index in [1.54, 1.807) is 0 Å². The zero-order valence-electron chi connectivity index (χ0n) is 21.3. The number of carboxylic acids is 1. The van der Waals surface area contributed by atoms with Crippen LogP contribution in [-0.2, 0) is 26.4 Å². The number of aryl methyl sites for hydroxylation is 1. The summed E-state index contributed by atoms with van der Waals surface area (Å²) in [7, 11) is 0. The monoisotopic (exact) mass is 540 g/mol. The Morgan fingerprint density at radius 2 is 1.56 bits per heavy atom. The molecule has 3 aromatic carbocycles. The number of hydrogen-bond acceptors (Lipinski definition) is 7. The number of hydrogen-bond donors (Lipinski definition) is 3. The molecule has 1 atom stereocenters. The van der Waals surface area contributed by atoms with E-state index in [4.69, 9.17) is 9.82 Å². The van der Waals surface area contributed by atoms with E-state index >= 15 is 0 Å². The zero-order chi connectivity index (χ0) is 27.2. The van der Waals surface area contributed by atoms with Crippen molar-refractivity contribution in [3.8, 4) is 0 Å². The van der Waals surface area contributed by atoms with Crippen molar-refractivity contribution >= 4 is 34.1 Å². The van der Waals surface area contributed by atoms with Gasteiger partial charge in [-0.05, 0) is 23.1 Å². The maximum Gasteiger partial charge on any atom is 0.360 e. The average Bonchev–Trinajstić information content (AvgIpc) is 3.58. The topological polar surface area (TPSA) is 113 Å². The Labute approximate surface area is 230 Å². The second kappa shape index (κ2) is 11.5. The Morgan fingerprint density at radius 3 is 2.00 bits per heavy atom. The standard InChI is InChI=1S/C30H28N4O4S/c1-2-24-25(26(28(36)37)34-38-23-18-19-31-27(23)35)32-29(39-24)33-30(20-12-6-3-7-13-20,21-14-8-4-9-15-21)22-16-10-5-11-17-22/h3-17,23H,2,18-19H2,1H3,(H,31,35)(H,32,33)(H,36,37). The summed E-state index contributed by atoms with van der Waals surface area (Å²) in [4.78, 5) is 35.0. The number of nitrogens with zero attached hydrogens (tertiary/aromatic N) is 2. The molecule has 0 aliphatic carbocycles. The van der Waals surface area contributed by atoms with Crippen LogP contribution >= 0.6 is 11.3 Å². The SMILES string of the molecule is CCc1sc(NC(c2ccccc2)(c2ccccc2)c2ccccc2)nc1C(=NOC1CCNC1=O)C(=O)O. The van der Waals surface area contributed by atoms with E-state index in [0.717, 1.165) is 21.6 Å². The van der Waals surface area contributed by atoms with Crippen LogP contribution in [0.1, 0.15) is 40.6 Å². The number of rotatable bonds is 10. The highest BCUT2D eigenvalue weighted by atomic mass is 32.1. The molecule has 0 radical (unpaired) electrons. The smallest absolute Gasteiger partial charge is 0.360 e. The van der Waals surface area contributed by atoms with Crippen molar-refractivity contribution in [2.75, 3.05) is 11.9 Å². The van der Waals surface area contributed by atoms with Crippen molar-refractivity contribution in [3.63, 3.8) is 0 Å². The minimum Gasteiger partial charge on any atom is -0.476 e. The van der Waals surface area contributed by atoms with Crippen molar-refractivity contribution < 1.29 is 19.5 Å². The van der Waals surface area contributed by atoms with Gasteiger partial charge in [-0.1, -0.05) is 103 Å². The molecule has 5 rings (SSSR count). The molecule has 1 saturated heterocycles. The van der Waals surface area contributed by atoms with E-state index in [0.29, 0.717) is 24.5 Å². The van der Waals surface area contributed by atoms with Gasteiger partial charge in [0.1, 0.15) is 11.2 Å². The minimum atomic E-state index is -1.28. The highest BCUT2D eigenvalue weighted by Crippen LogP contribution is 2.41. The summed E-state index contributed by atoms with van der Waals surface area (Å²) in [5.41, 5.74) is 2.07. The van der Waals surface area contributed by atoms with Crippen LogP contribution in [-0.4, -0.2) is 40.3 Å². The minimum absolute atomic E-state index is 0.221. The quantitative estimate of drug-likeness (QED) is 0.151. The van der Waals surface area contributed by atoms with Crippen LogP contribution in [0.5, 0.6) is 0 Å². The van der Waals surface area contributed by atoms with E-state index in [1.165, 1.54) is 11.3 Å². The molecule has 3 N–H and O–H groups in total. The molecular formula is C30H28N4O4S. The van der Waals surface area contributed by atoms with Gasteiger partial charge in [0.05, 0.1) is 0 Å². The molecular weight excluding hydrogens is 512 g/mol. The number of aromatic nitrogens is 1. The largest absolute Gasteiger partial charge is 0.476 e. The van der Waals surface area contributed by atoms with Crippen molar-refractivity contribution in [1.82, 2.24) is 10.3 Å². The van der Waals surface area contributed by atoms with Crippen molar-refractivity contribution in [3.05, 3.63) is 118 Å². The number of anilines is 1. The molecule has 1 aliphatic rings. The number of carbonyl (C=O) groups is 2. The third-order valence-corrected chi connectivity index (χ3v) is 7.74. The maximum absolute atomic E-state index is 12.2. The number of oxime groups is 1. The Hall–Kier alpha value is -4.50. The summed E-state index contributed by atoms with van der Waals surface area (Å²) < 4.78 is 0. The molecule has 8 nitrogen and oxygen atoms in total. The first-order chi connectivity index (χ1) is 19.0. The van der Waals surface area contributed by atoms with E-state index in [1.807, 2.05) is 61.5 Å². The predicted octanol–water partition coefficient (Wildman–Crippen LogP) is 4.80. The lowest BCUT2D eigenvalue weighted by atomic mass is 9.77. The summed E-state index contributed by atoms with van der Waals surface area (Å²) in [5.74, 6) is -1.58. The predicted molar refractivity (Wildman–Crippen MR) is 151 cm³/mol. The number of aliphatic carboxylic acids is 1. The van der Waals surface area contributed by atoms with Crippen LogP contribution in [0.2, 0.25) is 0 Å². The van der Waals surface area contributed by atoms with Crippen LogP contribution in [0.4, 0.5) is 5.13 Å². The molecule has 198 valence electrons. The molecule has 0 saturated carbocycles. The summed E-state index contributed by atoms with van der Waals surface area (Å²) in [6, 6.07) is 30.3. The van der Waals surface area contributed by atoms with E-state index in [2.05, 4.69) is 52.2 Å². The van der Waals surface area contributed by atoms with Gasteiger partial charge in [-0.15, -0.1) is 11.3 Å². The van der Waals surface area contributed by atoms with Gasteiger partial charge in [0.25, 0.3) is 5.91 Å². The molecule has 1 aromatic heterocycles. The lowest BCUT2D eigenvalue weighted by molar-refractivity contribution is -0.131. The van der Waals surface area contributed by atoms with Crippen LogP contribution < -0.4 is 10.6 Å². The molecule has 0 spiro atoms. The van der Waals surface area contributed by atoms with Gasteiger partial charge >= 0.3 is 5.97 Å². The first-order valence-corrected chi connectivity index (χ1v) is 13.5. The van der Waals surface area contributed by atoms with Gasteiger partial charge in [-0.3, -0.25) is 4.79 Å². The lowest BCUT2D eigenvalue weighted by Gasteiger charge is -2.36. The molecule has 1 amide bonds. The third-order valence-electron chi connectivity index (χ3n) is 6.63. The first kappa shape index (κ1) is 26.1. The Balaban J connectivity index is 1.63. The zero-order valence-corrected chi connectivity index (χ0v) is 22.2. The fourth-order valence-electron chi connectivity index (χ4n) is 4.74. The fraction of sp³-hybridized carbons (Fsp3) is 0.200. The highest BCUT2D eigenvalue weighted by Gasteiger charge is 2.38. The van der Waals surface area contributed by atoms with Crippen LogP contribution in [0.25, 0.3) is 0 Å². The highest BCUT2D eigenvalue weighted by molar-refractivity contribution is 7.16. The van der Waals surface area contributed by atoms with Crippen LogP contribution in [0, 0.1) is 0 Å². The third kappa shape index (κ3) is 5.26. The molecule has 1 fully saturated rings. The van der Waals surface area contributed by atoms with Crippen LogP contribution in [0.3, 0.4) is 0 Å². The maximum atomic E-state index is 12.2. The Bertz CT molecular complexity index is 1380.